The van der Waals surface area contributed by atoms with Crippen molar-refractivity contribution in [2.45, 2.75) is 6.42 Å². The highest BCUT2D eigenvalue weighted by atomic mass is 16.5. The summed E-state index contributed by atoms with van der Waals surface area (Å²) >= 11 is 0. The number of carbonyl (C=O) groups excluding carboxylic acids is 2. The maximum atomic E-state index is 12.4. The second kappa shape index (κ2) is 10.2. The van der Waals surface area contributed by atoms with Gasteiger partial charge in [-0.1, -0.05) is 0 Å². The molecule has 2 rings (SSSR count). The van der Waals surface area contributed by atoms with E-state index >= 15 is 0 Å². The van der Waals surface area contributed by atoms with E-state index in [9.17, 15) is 9.59 Å². The fraction of sp³-hybridized carbons (Fsp3) is 0.333. The van der Waals surface area contributed by atoms with Gasteiger partial charge in [0.15, 0.2) is 23.0 Å². The normalized spacial score (nSPS) is 10.1. The Bertz CT molecular complexity index is 854. The Balaban J connectivity index is 2.03. The van der Waals surface area contributed by atoms with Crippen LogP contribution in [0, 0.1) is 0 Å². The Kier molecular flexibility index (Phi) is 7.70. The van der Waals surface area contributed by atoms with Crippen LogP contribution in [0.3, 0.4) is 0 Å². The summed E-state index contributed by atoms with van der Waals surface area (Å²) in [6.07, 6.45) is 0.474. The van der Waals surface area contributed by atoms with Gasteiger partial charge in [-0.05, 0) is 42.3 Å². The molecule has 2 aromatic carbocycles. The van der Waals surface area contributed by atoms with Crippen molar-refractivity contribution in [3.63, 3.8) is 0 Å². The van der Waals surface area contributed by atoms with E-state index in [1.165, 1.54) is 47.7 Å². The van der Waals surface area contributed by atoms with E-state index in [-0.39, 0.29) is 12.1 Å². The molecular formula is C21H25NO7. The molecule has 1 amide bonds. The van der Waals surface area contributed by atoms with Crippen molar-refractivity contribution in [2.24, 2.45) is 0 Å². The highest BCUT2D eigenvalue weighted by molar-refractivity contribution is 6.42. The molecule has 8 heteroatoms. The zero-order valence-corrected chi connectivity index (χ0v) is 17.2. The topological polar surface area (TPSA) is 92.3 Å². The van der Waals surface area contributed by atoms with Crippen LogP contribution in [0.1, 0.15) is 15.9 Å². The number of methoxy groups -OCH3 is 5. The maximum Gasteiger partial charge on any atom is 0.292 e. The van der Waals surface area contributed by atoms with Gasteiger partial charge in [0.2, 0.25) is 11.5 Å². The summed E-state index contributed by atoms with van der Waals surface area (Å²) in [4.78, 5) is 24.6. The number of rotatable bonds is 10. The molecule has 0 aliphatic heterocycles. The number of ketones is 1. The van der Waals surface area contributed by atoms with Crippen molar-refractivity contribution >= 4 is 11.7 Å². The second-order valence-corrected chi connectivity index (χ2v) is 5.94. The molecule has 0 aliphatic rings. The molecule has 8 nitrogen and oxygen atoms in total. The molecule has 1 N–H and O–H groups in total. The molecule has 0 saturated heterocycles. The number of hydrogen-bond donors (Lipinski definition) is 1. The summed E-state index contributed by atoms with van der Waals surface area (Å²) < 4.78 is 26.2. The maximum absolute atomic E-state index is 12.4. The van der Waals surface area contributed by atoms with Crippen LogP contribution >= 0.6 is 0 Å². The highest BCUT2D eigenvalue weighted by Crippen LogP contribution is 2.38. The molecule has 0 spiro atoms. The number of nitrogens with one attached hydrogen (secondary N) is 1. The minimum absolute atomic E-state index is 0.216. The van der Waals surface area contributed by atoms with Crippen LogP contribution < -0.4 is 29.0 Å². The van der Waals surface area contributed by atoms with Gasteiger partial charge in [-0.2, -0.15) is 0 Å². The van der Waals surface area contributed by atoms with Gasteiger partial charge < -0.3 is 29.0 Å². The molecular weight excluding hydrogens is 378 g/mol. The van der Waals surface area contributed by atoms with Crippen molar-refractivity contribution in [3.8, 4) is 28.7 Å². The standard InChI is InChI=1S/C21H25NO7/c1-25-15-7-6-14(12-16(15)26-2)19(23)21(24)22-9-8-13-10-17(27-3)20(29-5)18(11-13)28-4/h6-7,10-12H,8-9H2,1-5H3,(H,22,24). The Morgan fingerprint density at radius 2 is 1.34 bits per heavy atom. The van der Waals surface area contributed by atoms with E-state index < -0.39 is 11.7 Å². The van der Waals surface area contributed by atoms with Gasteiger partial charge in [0.05, 0.1) is 35.5 Å². The molecule has 0 aliphatic carbocycles. The van der Waals surface area contributed by atoms with Crippen LogP contribution in [0.5, 0.6) is 28.7 Å². The SMILES string of the molecule is COc1ccc(C(=O)C(=O)NCCc2cc(OC)c(OC)c(OC)c2)cc1OC. The number of ether oxygens (including phenoxy) is 5. The molecule has 29 heavy (non-hydrogen) atoms. The minimum atomic E-state index is -0.704. The minimum Gasteiger partial charge on any atom is -0.493 e. The molecule has 0 aromatic heterocycles. The summed E-state index contributed by atoms with van der Waals surface area (Å²) in [5.74, 6) is 1.03. The van der Waals surface area contributed by atoms with Crippen molar-refractivity contribution in [2.75, 3.05) is 42.1 Å². The zero-order chi connectivity index (χ0) is 21.4. The molecule has 0 unspecified atom stereocenters. The summed E-state index contributed by atoms with van der Waals surface area (Å²) in [7, 11) is 7.55. The number of benzene rings is 2. The molecule has 0 radical (unpaired) electrons. The van der Waals surface area contributed by atoms with Crippen molar-refractivity contribution in [1.29, 1.82) is 0 Å². The van der Waals surface area contributed by atoms with Crippen molar-refractivity contribution in [1.82, 2.24) is 5.32 Å². The molecule has 0 heterocycles. The fourth-order valence-electron chi connectivity index (χ4n) is 2.79. The van der Waals surface area contributed by atoms with E-state index in [0.717, 1.165) is 5.56 Å². The van der Waals surface area contributed by atoms with E-state index in [4.69, 9.17) is 23.7 Å². The molecule has 156 valence electrons. The molecule has 0 bridgehead atoms. The lowest BCUT2D eigenvalue weighted by Crippen LogP contribution is -2.32. The average Bonchev–Trinajstić information content (AvgIpc) is 2.76. The average molecular weight is 403 g/mol. The third-order valence-corrected chi connectivity index (χ3v) is 4.28. The van der Waals surface area contributed by atoms with Gasteiger partial charge in [0, 0.05) is 12.1 Å². The van der Waals surface area contributed by atoms with Crippen LogP contribution in [-0.4, -0.2) is 53.8 Å². The summed E-state index contributed by atoms with van der Waals surface area (Å²) in [6, 6.07) is 8.16. The van der Waals surface area contributed by atoms with Crippen LogP contribution in [-0.2, 0) is 11.2 Å². The first-order valence-electron chi connectivity index (χ1n) is 8.82. The van der Waals surface area contributed by atoms with E-state index in [2.05, 4.69) is 5.32 Å². The van der Waals surface area contributed by atoms with E-state index in [0.29, 0.717) is 35.2 Å². The van der Waals surface area contributed by atoms with Gasteiger partial charge in [0.25, 0.3) is 5.91 Å². The number of hydrogen-bond acceptors (Lipinski definition) is 7. The second-order valence-electron chi connectivity index (χ2n) is 5.94. The first-order chi connectivity index (χ1) is 14.0. The Hall–Kier alpha value is -3.42. The lowest BCUT2D eigenvalue weighted by atomic mass is 10.1. The highest BCUT2D eigenvalue weighted by Gasteiger charge is 2.18. The monoisotopic (exact) mass is 403 g/mol. The van der Waals surface area contributed by atoms with Gasteiger partial charge in [-0.3, -0.25) is 9.59 Å². The van der Waals surface area contributed by atoms with Gasteiger partial charge in [-0.15, -0.1) is 0 Å². The van der Waals surface area contributed by atoms with E-state index in [1.807, 2.05) is 0 Å². The Morgan fingerprint density at radius 3 is 1.86 bits per heavy atom. The largest absolute Gasteiger partial charge is 0.493 e. The Labute approximate surface area is 169 Å². The Morgan fingerprint density at radius 1 is 0.759 bits per heavy atom. The summed E-state index contributed by atoms with van der Waals surface area (Å²) in [6.45, 7) is 0.260. The van der Waals surface area contributed by atoms with Crippen LogP contribution in [0.2, 0.25) is 0 Å². The summed E-state index contributed by atoms with van der Waals surface area (Å²) in [5.41, 5.74) is 1.08. The number of Topliss-reactive ketones (excluding diaryl/α,β-unsaturated/α-hetero) is 1. The quantitative estimate of drug-likeness (QED) is 0.481. The lowest BCUT2D eigenvalue weighted by molar-refractivity contribution is -0.116. The third-order valence-electron chi connectivity index (χ3n) is 4.28. The number of carbonyl (C=O) groups is 2. The van der Waals surface area contributed by atoms with Crippen LogP contribution in [0.15, 0.2) is 30.3 Å². The lowest BCUT2D eigenvalue weighted by Gasteiger charge is -2.14. The van der Waals surface area contributed by atoms with Crippen LogP contribution in [0.25, 0.3) is 0 Å². The predicted octanol–water partition coefficient (Wildman–Crippen LogP) is 2.27. The molecule has 0 atom stereocenters. The van der Waals surface area contributed by atoms with E-state index in [1.54, 1.807) is 18.2 Å². The van der Waals surface area contributed by atoms with Gasteiger partial charge >= 0.3 is 0 Å². The van der Waals surface area contributed by atoms with Crippen LogP contribution in [0.4, 0.5) is 0 Å². The first kappa shape index (κ1) is 21.9. The third kappa shape index (κ3) is 5.10. The zero-order valence-electron chi connectivity index (χ0n) is 17.2. The molecule has 0 saturated carbocycles. The van der Waals surface area contributed by atoms with Gasteiger partial charge in [0.1, 0.15) is 0 Å². The predicted molar refractivity (Wildman–Crippen MR) is 107 cm³/mol. The molecule has 2 aromatic rings. The molecule has 0 fully saturated rings. The van der Waals surface area contributed by atoms with Gasteiger partial charge in [-0.25, -0.2) is 0 Å². The van der Waals surface area contributed by atoms with Crippen molar-refractivity contribution in [3.05, 3.63) is 41.5 Å². The van der Waals surface area contributed by atoms with Crippen molar-refractivity contribution < 1.29 is 33.3 Å². The fourth-order valence-corrected chi connectivity index (χ4v) is 2.79. The smallest absolute Gasteiger partial charge is 0.292 e. The summed E-state index contributed by atoms with van der Waals surface area (Å²) in [5, 5.41) is 2.63. The number of amides is 1. The first-order valence-corrected chi connectivity index (χ1v) is 8.82.